The van der Waals surface area contributed by atoms with Gasteiger partial charge in [-0.15, -0.1) is 11.8 Å². The minimum atomic E-state index is 0.795. The van der Waals surface area contributed by atoms with Crippen molar-refractivity contribution in [3.8, 4) is 0 Å². The van der Waals surface area contributed by atoms with E-state index in [2.05, 4.69) is 38.1 Å². The maximum atomic E-state index is 5.43. The largest absolute Gasteiger partial charge is 0.378 e. The highest BCUT2D eigenvalue weighted by Crippen LogP contribution is 2.36. The lowest BCUT2D eigenvalue weighted by molar-refractivity contribution is 0.122. The second-order valence-electron chi connectivity index (χ2n) is 5.44. The van der Waals surface area contributed by atoms with Crippen LogP contribution in [0.25, 0.3) is 4.91 Å². The molecule has 2 aliphatic heterocycles. The van der Waals surface area contributed by atoms with Crippen LogP contribution in [0.15, 0.2) is 49.1 Å². The van der Waals surface area contributed by atoms with Gasteiger partial charge in [-0.3, -0.25) is 4.98 Å². The molecule has 4 heterocycles. The SMILES string of the molecule is C1=C(c2ccncc2)SCN1c1cc(N2CCOCC2)ccn1. The summed E-state index contributed by atoms with van der Waals surface area (Å²) in [6, 6.07) is 8.32. The van der Waals surface area contributed by atoms with Crippen molar-refractivity contribution >= 4 is 28.2 Å². The zero-order chi connectivity index (χ0) is 15.5. The average Bonchev–Trinajstić information content (AvgIpc) is 3.14. The average molecular weight is 326 g/mol. The van der Waals surface area contributed by atoms with Crippen LogP contribution < -0.4 is 9.80 Å². The van der Waals surface area contributed by atoms with E-state index < -0.39 is 0 Å². The summed E-state index contributed by atoms with van der Waals surface area (Å²) in [6.07, 6.45) is 7.72. The normalized spacial score (nSPS) is 18.2. The molecule has 0 radical (unpaired) electrons. The zero-order valence-corrected chi connectivity index (χ0v) is 13.6. The van der Waals surface area contributed by atoms with E-state index in [4.69, 9.17) is 4.74 Å². The number of nitrogens with zero attached hydrogens (tertiary/aromatic N) is 4. The number of hydrogen-bond donors (Lipinski definition) is 0. The fourth-order valence-corrected chi connectivity index (χ4v) is 3.73. The van der Waals surface area contributed by atoms with Gasteiger partial charge in [0.2, 0.25) is 0 Å². The number of ether oxygens (including phenoxy) is 1. The second kappa shape index (κ2) is 6.60. The first-order valence-electron chi connectivity index (χ1n) is 7.70. The van der Waals surface area contributed by atoms with Crippen LogP contribution in [0, 0.1) is 0 Å². The summed E-state index contributed by atoms with van der Waals surface area (Å²) in [7, 11) is 0. The Morgan fingerprint density at radius 1 is 1.04 bits per heavy atom. The van der Waals surface area contributed by atoms with E-state index >= 15 is 0 Å². The Hall–Kier alpha value is -2.05. The van der Waals surface area contributed by atoms with Crippen LogP contribution in [0.3, 0.4) is 0 Å². The molecule has 0 spiro atoms. The first-order chi connectivity index (χ1) is 11.4. The number of anilines is 2. The lowest BCUT2D eigenvalue weighted by Crippen LogP contribution is -2.36. The first kappa shape index (κ1) is 14.5. The van der Waals surface area contributed by atoms with Crippen LogP contribution in [0.1, 0.15) is 5.56 Å². The number of thioether (sulfide) groups is 1. The van der Waals surface area contributed by atoms with Crippen molar-refractivity contribution in [2.24, 2.45) is 0 Å². The third kappa shape index (κ3) is 3.18. The molecule has 0 unspecified atom stereocenters. The van der Waals surface area contributed by atoms with E-state index in [0.29, 0.717) is 0 Å². The van der Waals surface area contributed by atoms with E-state index in [0.717, 1.165) is 38.0 Å². The third-order valence-corrected chi connectivity index (χ3v) is 5.06. The lowest BCUT2D eigenvalue weighted by atomic mass is 10.2. The highest BCUT2D eigenvalue weighted by atomic mass is 32.2. The summed E-state index contributed by atoms with van der Waals surface area (Å²) < 4.78 is 5.43. The van der Waals surface area contributed by atoms with Gasteiger partial charge in [-0.2, -0.15) is 0 Å². The van der Waals surface area contributed by atoms with Crippen LogP contribution in [0.2, 0.25) is 0 Å². The fourth-order valence-electron chi connectivity index (χ4n) is 2.74. The van der Waals surface area contributed by atoms with Crippen LogP contribution >= 0.6 is 11.8 Å². The van der Waals surface area contributed by atoms with E-state index in [1.165, 1.54) is 16.2 Å². The highest BCUT2D eigenvalue weighted by molar-refractivity contribution is 8.08. The molecule has 2 aromatic rings. The van der Waals surface area contributed by atoms with Gasteiger partial charge in [0, 0.05) is 54.5 Å². The molecule has 1 saturated heterocycles. The van der Waals surface area contributed by atoms with Crippen molar-refractivity contribution in [2.75, 3.05) is 42.0 Å². The van der Waals surface area contributed by atoms with Gasteiger partial charge in [0.25, 0.3) is 0 Å². The van der Waals surface area contributed by atoms with Crippen molar-refractivity contribution in [1.29, 1.82) is 0 Å². The van der Waals surface area contributed by atoms with Gasteiger partial charge in [-0.25, -0.2) is 4.98 Å². The Morgan fingerprint density at radius 2 is 1.87 bits per heavy atom. The molecular formula is C17H18N4OS. The molecule has 6 heteroatoms. The summed E-state index contributed by atoms with van der Waals surface area (Å²) in [6.45, 7) is 3.47. The predicted molar refractivity (Wildman–Crippen MR) is 94.4 cm³/mol. The molecule has 5 nitrogen and oxygen atoms in total. The Kier molecular flexibility index (Phi) is 4.17. The van der Waals surface area contributed by atoms with E-state index in [-0.39, 0.29) is 0 Å². The zero-order valence-electron chi connectivity index (χ0n) is 12.8. The standard InChI is InChI=1S/C17H18N4OS/c1-4-18-5-2-14(1)16-12-21(13-23-16)17-11-15(3-6-19-17)20-7-9-22-10-8-20/h1-6,11-12H,7-10,13H2. The van der Waals surface area contributed by atoms with Crippen molar-refractivity contribution < 1.29 is 4.74 Å². The molecule has 0 bridgehead atoms. The molecule has 0 saturated carbocycles. The van der Waals surface area contributed by atoms with Gasteiger partial charge >= 0.3 is 0 Å². The molecule has 0 amide bonds. The quantitative estimate of drug-likeness (QED) is 0.864. The smallest absolute Gasteiger partial charge is 0.135 e. The van der Waals surface area contributed by atoms with Gasteiger partial charge in [0.05, 0.1) is 19.1 Å². The lowest BCUT2D eigenvalue weighted by Gasteiger charge is -2.29. The number of pyridine rings is 2. The number of rotatable bonds is 3. The topological polar surface area (TPSA) is 41.5 Å². The second-order valence-corrected chi connectivity index (χ2v) is 6.43. The summed E-state index contributed by atoms with van der Waals surface area (Å²) in [4.78, 5) is 14.4. The fraction of sp³-hybridized carbons (Fsp3) is 0.294. The summed E-state index contributed by atoms with van der Waals surface area (Å²) >= 11 is 1.83. The van der Waals surface area contributed by atoms with Gasteiger partial charge in [0.15, 0.2) is 0 Å². The summed E-state index contributed by atoms with van der Waals surface area (Å²) in [5, 5.41) is 0. The molecular weight excluding hydrogens is 308 g/mol. The maximum absolute atomic E-state index is 5.43. The maximum Gasteiger partial charge on any atom is 0.135 e. The Balaban J connectivity index is 1.55. The van der Waals surface area contributed by atoms with E-state index in [1.807, 2.05) is 42.5 Å². The van der Waals surface area contributed by atoms with Gasteiger partial charge < -0.3 is 14.5 Å². The summed E-state index contributed by atoms with van der Waals surface area (Å²) in [5.41, 5.74) is 2.42. The molecule has 2 aliphatic rings. The van der Waals surface area contributed by atoms with E-state index in [9.17, 15) is 0 Å². The molecule has 0 N–H and O–H groups in total. The van der Waals surface area contributed by atoms with Gasteiger partial charge in [-0.05, 0) is 23.8 Å². The van der Waals surface area contributed by atoms with E-state index in [1.54, 1.807) is 0 Å². The first-order valence-corrected chi connectivity index (χ1v) is 8.69. The minimum absolute atomic E-state index is 0.795. The number of aromatic nitrogens is 2. The highest BCUT2D eigenvalue weighted by Gasteiger charge is 2.18. The molecule has 4 rings (SSSR count). The summed E-state index contributed by atoms with van der Waals surface area (Å²) in [5.74, 6) is 1.88. The van der Waals surface area contributed by atoms with Crippen molar-refractivity contribution in [3.63, 3.8) is 0 Å². The Labute approximate surface area is 140 Å². The molecule has 0 aromatic carbocycles. The molecule has 2 aromatic heterocycles. The van der Waals surface area contributed by atoms with Crippen LogP contribution in [-0.2, 0) is 4.74 Å². The van der Waals surface area contributed by atoms with Crippen LogP contribution in [0.4, 0.5) is 11.5 Å². The minimum Gasteiger partial charge on any atom is -0.378 e. The Morgan fingerprint density at radius 3 is 2.70 bits per heavy atom. The van der Waals surface area contributed by atoms with Crippen molar-refractivity contribution in [2.45, 2.75) is 0 Å². The monoisotopic (exact) mass is 326 g/mol. The Bertz CT molecular complexity index is 701. The number of hydrogen-bond acceptors (Lipinski definition) is 6. The van der Waals surface area contributed by atoms with Crippen molar-refractivity contribution in [1.82, 2.24) is 9.97 Å². The predicted octanol–water partition coefficient (Wildman–Crippen LogP) is 2.82. The van der Waals surface area contributed by atoms with Gasteiger partial charge in [-0.1, -0.05) is 0 Å². The molecule has 118 valence electrons. The van der Waals surface area contributed by atoms with Gasteiger partial charge in [0.1, 0.15) is 5.82 Å². The number of morpholine rings is 1. The molecule has 1 fully saturated rings. The molecule has 0 aliphatic carbocycles. The van der Waals surface area contributed by atoms with Crippen LogP contribution in [0.5, 0.6) is 0 Å². The van der Waals surface area contributed by atoms with Crippen LogP contribution in [-0.4, -0.2) is 42.1 Å². The van der Waals surface area contributed by atoms with Crippen molar-refractivity contribution in [3.05, 3.63) is 54.6 Å². The molecule has 0 atom stereocenters. The molecule has 23 heavy (non-hydrogen) atoms. The third-order valence-electron chi connectivity index (χ3n) is 4.00.